The molecule has 0 radical (unpaired) electrons. The first-order chi connectivity index (χ1) is 10.1. The smallest absolute Gasteiger partial charge is 0.120 e. The van der Waals surface area contributed by atoms with Crippen molar-refractivity contribution < 1.29 is 14.6 Å². The van der Waals surface area contributed by atoms with E-state index in [-0.39, 0.29) is 18.8 Å². The molecule has 2 atom stereocenters. The molecule has 1 saturated heterocycles. The molecule has 21 heavy (non-hydrogen) atoms. The maximum atomic E-state index is 9.21. The fraction of sp³-hybridized carbons (Fsp3) is 0.533. The number of nitrogens with zero attached hydrogens (tertiary/aromatic N) is 1. The van der Waals surface area contributed by atoms with E-state index >= 15 is 0 Å². The van der Waals surface area contributed by atoms with E-state index in [2.05, 4.69) is 4.90 Å². The third kappa shape index (κ3) is 4.93. The Morgan fingerprint density at radius 3 is 3.05 bits per heavy atom. The van der Waals surface area contributed by atoms with Crippen molar-refractivity contribution in [2.24, 2.45) is 5.73 Å². The van der Waals surface area contributed by atoms with Crippen molar-refractivity contribution in [3.05, 3.63) is 29.8 Å². The molecule has 2 unspecified atom stereocenters. The lowest BCUT2D eigenvalue weighted by Crippen LogP contribution is -2.49. The molecule has 1 aromatic rings. The van der Waals surface area contributed by atoms with Crippen molar-refractivity contribution in [2.75, 3.05) is 32.8 Å². The predicted molar refractivity (Wildman–Crippen MR) is 85.7 cm³/mol. The van der Waals surface area contributed by atoms with Crippen LogP contribution in [-0.2, 0) is 4.74 Å². The Labute approximate surface area is 130 Å². The molecule has 0 aromatic heterocycles. The molecule has 5 nitrogen and oxygen atoms in total. The molecule has 0 amide bonds. The number of aliphatic hydroxyl groups excluding tert-OH is 1. The Bertz CT molecular complexity index is 484. The van der Waals surface area contributed by atoms with Gasteiger partial charge in [-0.25, -0.2) is 0 Å². The minimum absolute atomic E-state index is 0.0533. The monoisotopic (exact) mass is 310 g/mol. The third-order valence-corrected chi connectivity index (χ3v) is 3.64. The highest BCUT2D eigenvalue weighted by Gasteiger charge is 2.24. The molecule has 0 bridgehead atoms. The number of morpholine rings is 1. The summed E-state index contributed by atoms with van der Waals surface area (Å²) in [5.41, 5.74) is 6.41. The minimum atomic E-state index is -0.105. The van der Waals surface area contributed by atoms with Crippen LogP contribution in [0.4, 0.5) is 0 Å². The number of aliphatic hydroxyl groups is 1. The van der Waals surface area contributed by atoms with E-state index in [1.807, 2.05) is 31.2 Å². The van der Waals surface area contributed by atoms with Crippen LogP contribution in [0.15, 0.2) is 24.3 Å². The highest BCUT2D eigenvalue weighted by Crippen LogP contribution is 2.14. The van der Waals surface area contributed by atoms with Crippen LogP contribution in [0, 0.1) is 0 Å². The first kappa shape index (κ1) is 16.2. The van der Waals surface area contributed by atoms with Crippen molar-refractivity contribution in [2.45, 2.75) is 19.1 Å². The van der Waals surface area contributed by atoms with Crippen LogP contribution in [0.5, 0.6) is 5.75 Å². The van der Waals surface area contributed by atoms with E-state index in [1.54, 1.807) is 0 Å². The zero-order valence-corrected chi connectivity index (χ0v) is 13.0. The van der Waals surface area contributed by atoms with E-state index in [0.717, 1.165) is 30.9 Å². The quantitative estimate of drug-likeness (QED) is 0.757. The Kier molecular flexibility index (Phi) is 5.93. The molecule has 1 aliphatic heterocycles. The molecule has 3 N–H and O–H groups in total. The van der Waals surface area contributed by atoms with Crippen LogP contribution < -0.4 is 10.5 Å². The highest BCUT2D eigenvalue weighted by atomic mass is 32.1. The maximum absolute atomic E-state index is 9.21. The zero-order chi connectivity index (χ0) is 15.2. The number of ether oxygens (including phenoxy) is 2. The number of benzene rings is 1. The summed E-state index contributed by atoms with van der Waals surface area (Å²) in [5, 5.41) is 9.21. The second-order valence-corrected chi connectivity index (χ2v) is 5.69. The van der Waals surface area contributed by atoms with Gasteiger partial charge in [0, 0.05) is 25.2 Å². The lowest BCUT2D eigenvalue weighted by atomic mass is 10.2. The van der Waals surface area contributed by atoms with Gasteiger partial charge in [-0.05, 0) is 19.1 Å². The van der Waals surface area contributed by atoms with Crippen molar-refractivity contribution in [3.8, 4) is 5.75 Å². The second-order valence-electron chi connectivity index (χ2n) is 5.25. The molecule has 0 saturated carbocycles. The maximum Gasteiger partial charge on any atom is 0.120 e. The molecule has 1 aromatic carbocycles. The van der Waals surface area contributed by atoms with E-state index in [4.69, 9.17) is 27.4 Å². The average molecular weight is 310 g/mol. The molecular weight excluding hydrogens is 288 g/mol. The van der Waals surface area contributed by atoms with Gasteiger partial charge in [0.05, 0.1) is 18.8 Å². The van der Waals surface area contributed by atoms with Gasteiger partial charge in [0.25, 0.3) is 0 Å². The molecule has 2 rings (SSSR count). The number of rotatable bonds is 6. The molecule has 1 fully saturated rings. The van der Waals surface area contributed by atoms with Gasteiger partial charge in [-0.1, -0.05) is 24.4 Å². The second kappa shape index (κ2) is 7.70. The molecule has 116 valence electrons. The van der Waals surface area contributed by atoms with Gasteiger partial charge >= 0.3 is 0 Å². The Morgan fingerprint density at radius 1 is 1.52 bits per heavy atom. The first-order valence-electron chi connectivity index (χ1n) is 7.10. The number of hydrogen-bond donors (Lipinski definition) is 2. The summed E-state index contributed by atoms with van der Waals surface area (Å²) in [6.45, 7) is 5.02. The van der Waals surface area contributed by atoms with Crippen molar-refractivity contribution >= 4 is 17.2 Å². The largest absolute Gasteiger partial charge is 0.492 e. The van der Waals surface area contributed by atoms with Gasteiger partial charge in [-0.3, -0.25) is 4.90 Å². The molecule has 6 heteroatoms. The van der Waals surface area contributed by atoms with Gasteiger partial charge in [-0.2, -0.15) is 0 Å². The molecule has 0 spiro atoms. The van der Waals surface area contributed by atoms with Gasteiger partial charge in [-0.15, -0.1) is 0 Å². The average Bonchev–Trinajstić information content (AvgIpc) is 2.47. The van der Waals surface area contributed by atoms with Crippen LogP contribution in [0.1, 0.15) is 12.5 Å². The van der Waals surface area contributed by atoms with E-state index in [1.165, 1.54) is 0 Å². The van der Waals surface area contributed by atoms with Crippen LogP contribution in [0.25, 0.3) is 0 Å². The van der Waals surface area contributed by atoms with E-state index < -0.39 is 0 Å². The molecule has 0 aliphatic carbocycles. The SMILES string of the molecule is CC1CN(CCOc2cccc(C(N)=S)c2)CC(CO)O1. The minimum Gasteiger partial charge on any atom is -0.492 e. The Morgan fingerprint density at radius 2 is 2.33 bits per heavy atom. The fourth-order valence-corrected chi connectivity index (χ4v) is 2.58. The van der Waals surface area contributed by atoms with E-state index in [0.29, 0.717) is 11.6 Å². The Balaban J connectivity index is 1.81. The highest BCUT2D eigenvalue weighted by molar-refractivity contribution is 7.80. The fourth-order valence-electron chi connectivity index (χ4n) is 2.46. The first-order valence-corrected chi connectivity index (χ1v) is 7.50. The summed E-state index contributed by atoms with van der Waals surface area (Å²) >= 11 is 4.95. The molecule has 1 heterocycles. The number of hydrogen-bond acceptors (Lipinski definition) is 5. The lowest BCUT2D eigenvalue weighted by molar-refractivity contribution is -0.0965. The summed E-state index contributed by atoms with van der Waals surface area (Å²) in [5.74, 6) is 0.764. The van der Waals surface area contributed by atoms with Crippen molar-refractivity contribution in [1.29, 1.82) is 0 Å². The Hall–Kier alpha value is -1.21. The van der Waals surface area contributed by atoms with Crippen LogP contribution >= 0.6 is 12.2 Å². The van der Waals surface area contributed by atoms with Crippen LogP contribution in [0.2, 0.25) is 0 Å². The predicted octanol–water partition coefficient (Wildman–Crippen LogP) is 0.781. The standard InChI is InChI=1S/C15H22N2O3S/c1-11-8-17(9-14(10-18)20-11)5-6-19-13-4-2-3-12(7-13)15(16)21/h2-4,7,11,14,18H,5-6,8-10H2,1H3,(H2,16,21). The summed E-state index contributed by atoms with van der Waals surface area (Å²) in [7, 11) is 0. The lowest BCUT2D eigenvalue weighted by Gasteiger charge is -2.35. The van der Waals surface area contributed by atoms with E-state index in [9.17, 15) is 5.11 Å². The van der Waals surface area contributed by atoms with Crippen molar-refractivity contribution in [1.82, 2.24) is 4.90 Å². The summed E-state index contributed by atoms with van der Waals surface area (Å²) in [6, 6.07) is 7.48. The van der Waals surface area contributed by atoms with Gasteiger partial charge in [0.2, 0.25) is 0 Å². The summed E-state index contributed by atoms with van der Waals surface area (Å²) in [4.78, 5) is 2.61. The topological polar surface area (TPSA) is 68.0 Å². The zero-order valence-electron chi connectivity index (χ0n) is 12.2. The number of thiocarbonyl (C=S) groups is 1. The van der Waals surface area contributed by atoms with Gasteiger partial charge in [0.15, 0.2) is 0 Å². The molecule has 1 aliphatic rings. The van der Waals surface area contributed by atoms with Crippen LogP contribution in [-0.4, -0.2) is 60.1 Å². The molecular formula is C15H22N2O3S. The van der Waals surface area contributed by atoms with Crippen molar-refractivity contribution in [3.63, 3.8) is 0 Å². The summed E-state index contributed by atoms with van der Waals surface area (Å²) < 4.78 is 11.4. The third-order valence-electron chi connectivity index (χ3n) is 3.40. The number of nitrogens with two attached hydrogens (primary N) is 1. The van der Waals surface area contributed by atoms with Gasteiger partial charge < -0.3 is 20.3 Å². The normalized spacial score (nSPS) is 23.0. The summed E-state index contributed by atoms with van der Waals surface area (Å²) in [6.07, 6.45) is 0.0283. The van der Waals surface area contributed by atoms with Crippen LogP contribution in [0.3, 0.4) is 0 Å². The van der Waals surface area contributed by atoms with Gasteiger partial charge in [0.1, 0.15) is 17.3 Å².